The minimum absolute atomic E-state index is 0. The Hall–Kier alpha value is -1.76. The molecule has 0 saturated carbocycles. The Morgan fingerprint density at radius 1 is 0.912 bits per heavy atom. The van der Waals surface area contributed by atoms with Gasteiger partial charge < -0.3 is 19.9 Å². The molecule has 2 fully saturated rings. The molecule has 2 unspecified atom stereocenters. The van der Waals surface area contributed by atoms with Crippen LogP contribution < -0.4 is 0 Å². The highest BCUT2D eigenvalue weighted by atomic mass is 16.5. The van der Waals surface area contributed by atoms with Crippen LogP contribution in [0.25, 0.3) is 5.53 Å². The Kier molecular flexibility index (Phi) is 14.1. The Bertz CT molecular complexity index is 712. The van der Waals surface area contributed by atoms with Gasteiger partial charge in [-0.1, -0.05) is 49.5 Å². The van der Waals surface area contributed by atoms with Crippen LogP contribution in [-0.2, 0) is 19.1 Å². The SMILES string of the molecule is C.C.CC(=[N+]=[N-])C(=O)N1C(CC(C)C)COC1(C)C.CCC(=O)N1C(CC(C)C)COC1(C)C. The van der Waals surface area contributed by atoms with E-state index in [0.29, 0.717) is 31.5 Å². The summed E-state index contributed by atoms with van der Waals surface area (Å²) >= 11 is 0. The number of carbonyl (C=O) groups excluding carboxylic acids is 2. The lowest BCUT2D eigenvalue weighted by Crippen LogP contribution is -2.50. The molecule has 8 nitrogen and oxygen atoms in total. The number of ether oxygens (including phenoxy) is 2. The van der Waals surface area contributed by atoms with Crippen LogP contribution in [0, 0.1) is 11.8 Å². The Morgan fingerprint density at radius 2 is 1.29 bits per heavy atom. The van der Waals surface area contributed by atoms with E-state index < -0.39 is 11.4 Å². The third-order valence-corrected chi connectivity index (χ3v) is 5.88. The first-order chi connectivity index (χ1) is 14.7. The van der Waals surface area contributed by atoms with Gasteiger partial charge in [0.15, 0.2) is 0 Å². The minimum atomic E-state index is -0.636. The van der Waals surface area contributed by atoms with Crippen molar-refractivity contribution >= 4 is 17.5 Å². The fraction of sp³-hybridized carbons (Fsp3) is 0.885. The first-order valence-electron chi connectivity index (χ1n) is 11.8. The van der Waals surface area contributed by atoms with E-state index in [-0.39, 0.29) is 44.5 Å². The smallest absolute Gasteiger partial charge is 0.353 e. The number of amides is 2. The van der Waals surface area contributed by atoms with Gasteiger partial charge in [-0.3, -0.25) is 14.5 Å². The van der Waals surface area contributed by atoms with Gasteiger partial charge in [-0.2, -0.15) is 4.79 Å². The minimum Gasteiger partial charge on any atom is -0.361 e. The third-order valence-electron chi connectivity index (χ3n) is 5.88. The van der Waals surface area contributed by atoms with E-state index in [1.54, 1.807) is 4.90 Å². The standard InChI is InChI=1S/C12H21N3O2.C12H23NO2.2CH4/c1-8(2)6-10-7-17-12(4,5)15(10)11(16)9(3)14-13;1-6-11(14)13-10(7-9(2)3)8-15-12(13,4)5;;/h8,10H,6-7H2,1-5H3;9-10H,6-8H2,1-5H3;2*1H4. The lowest BCUT2D eigenvalue weighted by molar-refractivity contribution is -0.146. The van der Waals surface area contributed by atoms with Gasteiger partial charge in [0.1, 0.15) is 11.4 Å². The summed E-state index contributed by atoms with van der Waals surface area (Å²) in [6.07, 6.45) is 2.46. The lowest BCUT2D eigenvalue weighted by atomic mass is 10.0. The molecule has 8 heteroatoms. The van der Waals surface area contributed by atoms with Gasteiger partial charge in [-0.05, 0) is 52.4 Å². The molecule has 2 rings (SSSR count). The van der Waals surface area contributed by atoms with Gasteiger partial charge in [0, 0.05) is 13.3 Å². The highest BCUT2D eigenvalue weighted by Crippen LogP contribution is 2.31. The molecule has 0 radical (unpaired) electrons. The summed E-state index contributed by atoms with van der Waals surface area (Å²) in [4.78, 5) is 30.6. The second kappa shape index (κ2) is 14.0. The van der Waals surface area contributed by atoms with Crippen molar-refractivity contribution in [1.82, 2.24) is 9.80 Å². The molecule has 200 valence electrons. The molecule has 0 aromatic heterocycles. The van der Waals surface area contributed by atoms with E-state index in [4.69, 9.17) is 15.0 Å². The van der Waals surface area contributed by atoms with E-state index in [9.17, 15) is 9.59 Å². The molecular formula is C26H52N4O4. The monoisotopic (exact) mass is 484 g/mol. The second-order valence-corrected chi connectivity index (χ2v) is 10.6. The molecular weight excluding hydrogens is 432 g/mol. The zero-order valence-electron chi connectivity index (χ0n) is 21.8. The number of hydrogen-bond acceptors (Lipinski definition) is 4. The zero-order chi connectivity index (χ0) is 24.9. The van der Waals surface area contributed by atoms with Crippen LogP contribution in [-0.4, -0.2) is 68.9 Å². The van der Waals surface area contributed by atoms with Crippen molar-refractivity contribution in [3.8, 4) is 0 Å². The maximum absolute atomic E-state index is 12.1. The lowest BCUT2D eigenvalue weighted by Gasteiger charge is -2.34. The summed E-state index contributed by atoms with van der Waals surface area (Å²) in [7, 11) is 0. The maximum Gasteiger partial charge on any atom is 0.353 e. The van der Waals surface area contributed by atoms with Crippen LogP contribution in [0.3, 0.4) is 0 Å². The van der Waals surface area contributed by atoms with Gasteiger partial charge in [0.05, 0.1) is 25.3 Å². The summed E-state index contributed by atoms with van der Waals surface area (Å²) in [6.45, 7) is 20.9. The Morgan fingerprint density at radius 3 is 1.65 bits per heavy atom. The van der Waals surface area contributed by atoms with Crippen LogP contribution in [0.4, 0.5) is 0 Å². The van der Waals surface area contributed by atoms with Gasteiger partial charge in [-0.25, -0.2) is 0 Å². The molecule has 0 N–H and O–H groups in total. The molecule has 34 heavy (non-hydrogen) atoms. The van der Waals surface area contributed by atoms with E-state index >= 15 is 0 Å². The first-order valence-corrected chi connectivity index (χ1v) is 11.8. The molecule has 2 heterocycles. The van der Waals surface area contributed by atoms with Crippen molar-refractivity contribution in [1.29, 1.82) is 0 Å². The number of carbonyl (C=O) groups is 2. The molecule has 2 aliphatic heterocycles. The van der Waals surface area contributed by atoms with Gasteiger partial charge >= 0.3 is 11.6 Å². The number of rotatable bonds is 6. The highest BCUT2D eigenvalue weighted by molar-refractivity contribution is 6.35. The van der Waals surface area contributed by atoms with Gasteiger partial charge in [0.25, 0.3) is 0 Å². The first kappa shape index (κ1) is 34.4. The van der Waals surface area contributed by atoms with Crippen molar-refractivity contribution in [2.24, 2.45) is 11.8 Å². The average Bonchev–Trinajstić information content (AvgIpc) is 3.14. The summed E-state index contributed by atoms with van der Waals surface area (Å²) in [5, 5.41) is 0. The van der Waals surface area contributed by atoms with Crippen molar-refractivity contribution in [3.05, 3.63) is 5.53 Å². The van der Waals surface area contributed by atoms with E-state index in [1.807, 2.05) is 39.5 Å². The number of nitrogens with zero attached hydrogens (tertiary/aromatic N) is 4. The topological polar surface area (TPSA) is 95.5 Å². The Balaban J connectivity index is 0. The fourth-order valence-corrected chi connectivity index (χ4v) is 4.50. The predicted molar refractivity (Wildman–Crippen MR) is 138 cm³/mol. The average molecular weight is 485 g/mol. The largest absolute Gasteiger partial charge is 0.361 e. The predicted octanol–water partition coefficient (Wildman–Crippen LogP) is 5.36. The van der Waals surface area contributed by atoms with Gasteiger partial charge in [0.2, 0.25) is 5.91 Å². The van der Waals surface area contributed by atoms with Crippen molar-refractivity contribution < 1.29 is 23.9 Å². The molecule has 2 saturated heterocycles. The van der Waals surface area contributed by atoms with Crippen LogP contribution in [0.5, 0.6) is 0 Å². The highest BCUT2D eigenvalue weighted by Gasteiger charge is 2.46. The summed E-state index contributed by atoms with van der Waals surface area (Å²) < 4.78 is 11.3. The van der Waals surface area contributed by atoms with E-state index in [1.165, 1.54) is 6.92 Å². The van der Waals surface area contributed by atoms with Crippen LogP contribution in [0.2, 0.25) is 0 Å². The Labute approximate surface area is 209 Å². The van der Waals surface area contributed by atoms with Crippen molar-refractivity contribution in [2.75, 3.05) is 13.2 Å². The van der Waals surface area contributed by atoms with E-state index in [2.05, 4.69) is 32.5 Å². The molecule has 0 aromatic rings. The number of hydrogen-bond donors (Lipinski definition) is 0. The summed E-state index contributed by atoms with van der Waals surface area (Å²) in [5.74, 6) is 1.02. The summed E-state index contributed by atoms with van der Waals surface area (Å²) in [5.41, 5.74) is 7.74. The molecule has 2 atom stereocenters. The van der Waals surface area contributed by atoms with Crippen molar-refractivity contribution in [2.45, 2.75) is 127 Å². The third kappa shape index (κ3) is 8.79. The maximum atomic E-state index is 12.1. The van der Waals surface area contributed by atoms with Crippen LogP contribution in [0.1, 0.15) is 103 Å². The normalized spacial score (nSPS) is 22.4. The molecule has 0 bridgehead atoms. The molecule has 2 amide bonds. The molecule has 2 aliphatic rings. The van der Waals surface area contributed by atoms with E-state index in [0.717, 1.165) is 12.8 Å². The fourth-order valence-electron chi connectivity index (χ4n) is 4.50. The quantitative estimate of drug-likeness (QED) is 0.288. The van der Waals surface area contributed by atoms with Crippen LogP contribution in [0.15, 0.2) is 0 Å². The second-order valence-electron chi connectivity index (χ2n) is 10.6. The molecule has 0 spiro atoms. The molecule has 0 aromatic carbocycles. The summed E-state index contributed by atoms with van der Waals surface area (Å²) in [6, 6.07) is 0.307. The van der Waals surface area contributed by atoms with Gasteiger partial charge in [-0.15, -0.1) is 0 Å². The van der Waals surface area contributed by atoms with Crippen molar-refractivity contribution in [3.63, 3.8) is 0 Å². The van der Waals surface area contributed by atoms with Crippen LogP contribution >= 0.6 is 0 Å². The molecule has 0 aliphatic carbocycles. The zero-order valence-corrected chi connectivity index (χ0v) is 21.8.